The van der Waals surface area contributed by atoms with Gasteiger partial charge < -0.3 is 14.0 Å². The minimum absolute atomic E-state index is 0.0189. The molecule has 2 aromatic heterocycles. The van der Waals surface area contributed by atoms with Gasteiger partial charge in [0.25, 0.3) is 15.6 Å². The highest BCUT2D eigenvalue weighted by Gasteiger charge is 2.48. The molecule has 0 aliphatic heterocycles. The molecule has 1 aliphatic carbocycles. The maximum absolute atomic E-state index is 15.4. The van der Waals surface area contributed by atoms with E-state index in [1.807, 2.05) is 0 Å². The molecule has 0 unspecified atom stereocenters. The minimum Gasteiger partial charge on any atom is -0.497 e. The molecule has 0 radical (unpaired) electrons. The zero-order valence-corrected chi connectivity index (χ0v) is 25.3. The number of ether oxygens (including phenoxy) is 2. The monoisotopic (exact) mass is 657 g/mol. The molecule has 0 atom stereocenters. The predicted molar refractivity (Wildman–Crippen MR) is 160 cm³/mol. The van der Waals surface area contributed by atoms with Crippen LogP contribution in [0.4, 0.5) is 23.4 Å². The average Bonchev–Trinajstić information content (AvgIpc) is 3.53. The molecule has 0 bridgehead atoms. The molecule has 2 heterocycles. The lowest BCUT2D eigenvalue weighted by atomic mass is 9.71. The van der Waals surface area contributed by atoms with Crippen LogP contribution in [0.15, 0.2) is 93.3 Å². The second-order valence-corrected chi connectivity index (χ2v) is 12.8. The zero-order chi connectivity index (χ0) is 32.8. The number of halogens is 4. The van der Waals surface area contributed by atoms with Crippen LogP contribution in [-0.2, 0) is 16.6 Å². The standard InChI is InChI=1S/C32H27F4N3O6S/c1-43-23-6-3-19(4-7-23)18-38(30-11-12-45-37-30)46(41,42)24-8-9-27-20(15-24)5-10-31(40)39(27)28-17-26(33)25(16-29(28)44-2)21-13-22(14-21)32(34,35)36/h3-12,15-17,21-22H,13-14,18H2,1-2H3/t21-,22-. The Kier molecular flexibility index (Phi) is 8.00. The summed E-state index contributed by atoms with van der Waals surface area (Å²) in [7, 11) is -1.41. The summed E-state index contributed by atoms with van der Waals surface area (Å²) < 4.78 is 100. The van der Waals surface area contributed by atoms with Crippen molar-refractivity contribution in [3.63, 3.8) is 0 Å². The molecule has 1 aliphatic rings. The smallest absolute Gasteiger partial charge is 0.391 e. The molecule has 3 aromatic carbocycles. The van der Waals surface area contributed by atoms with E-state index in [1.165, 1.54) is 67.5 Å². The third-order valence-electron chi connectivity index (χ3n) is 8.20. The summed E-state index contributed by atoms with van der Waals surface area (Å²) in [5, 5.41) is 4.17. The van der Waals surface area contributed by atoms with Gasteiger partial charge >= 0.3 is 6.18 Å². The normalized spacial score (nSPS) is 16.7. The third-order valence-corrected chi connectivity index (χ3v) is 9.94. The fraction of sp³-hybridized carbons (Fsp3) is 0.250. The Morgan fingerprint density at radius 3 is 2.35 bits per heavy atom. The zero-order valence-electron chi connectivity index (χ0n) is 24.5. The quantitative estimate of drug-likeness (QED) is 0.165. The van der Waals surface area contributed by atoms with E-state index in [9.17, 15) is 26.4 Å². The molecule has 1 saturated carbocycles. The molecule has 0 saturated heterocycles. The van der Waals surface area contributed by atoms with E-state index < -0.39 is 39.4 Å². The number of sulfonamides is 1. The van der Waals surface area contributed by atoms with Gasteiger partial charge in [0.05, 0.1) is 42.8 Å². The number of aromatic nitrogens is 2. The van der Waals surface area contributed by atoms with E-state index in [0.29, 0.717) is 16.7 Å². The van der Waals surface area contributed by atoms with Crippen LogP contribution in [0.2, 0.25) is 0 Å². The Morgan fingerprint density at radius 2 is 1.72 bits per heavy atom. The number of alkyl halides is 3. The fourth-order valence-electron chi connectivity index (χ4n) is 5.63. The third kappa shape index (κ3) is 5.68. The predicted octanol–water partition coefficient (Wildman–Crippen LogP) is 6.59. The number of nitrogens with zero attached hydrogens (tertiary/aromatic N) is 3. The van der Waals surface area contributed by atoms with Gasteiger partial charge in [0, 0.05) is 23.6 Å². The number of pyridine rings is 1. The maximum atomic E-state index is 15.4. The molecule has 5 aromatic rings. The van der Waals surface area contributed by atoms with Gasteiger partial charge in [0.15, 0.2) is 5.82 Å². The summed E-state index contributed by atoms with van der Waals surface area (Å²) in [6.45, 7) is -0.0794. The van der Waals surface area contributed by atoms with Crippen LogP contribution < -0.4 is 19.3 Å². The molecule has 14 heteroatoms. The first-order valence-corrected chi connectivity index (χ1v) is 15.5. The van der Waals surface area contributed by atoms with E-state index in [-0.39, 0.29) is 52.6 Å². The summed E-state index contributed by atoms with van der Waals surface area (Å²) in [4.78, 5) is 13.0. The van der Waals surface area contributed by atoms with Crippen molar-refractivity contribution in [3.05, 3.63) is 106 Å². The van der Waals surface area contributed by atoms with Crippen molar-refractivity contribution in [2.24, 2.45) is 5.92 Å². The lowest BCUT2D eigenvalue weighted by molar-refractivity contribution is -0.197. The van der Waals surface area contributed by atoms with Crippen LogP contribution in [-0.4, -0.2) is 38.5 Å². The number of methoxy groups -OCH3 is 2. The first kappa shape index (κ1) is 31.1. The van der Waals surface area contributed by atoms with Crippen molar-refractivity contribution in [2.75, 3.05) is 18.5 Å². The Hall–Kier alpha value is -4.85. The summed E-state index contributed by atoms with van der Waals surface area (Å²) >= 11 is 0. The second kappa shape index (κ2) is 11.8. The maximum Gasteiger partial charge on any atom is 0.391 e. The van der Waals surface area contributed by atoms with Gasteiger partial charge in [-0.15, -0.1) is 0 Å². The SMILES string of the molecule is COc1ccc(CN(c2ccon2)S(=O)(=O)c2ccc3c(ccc(=O)n3-c3cc(F)c([C@H]4C[C@H](C(F)(F)F)C4)cc3OC)c2)cc1. The molecule has 46 heavy (non-hydrogen) atoms. The van der Waals surface area contributed by atoms with E-state index in [0.717, 1.165) is 10.4 Å². The molecule has 9 nitrogen and oxygen atoms in total. The van der Waals surface area contributed by atoms with E-state index in [4.69, 9.17) is 14.0 Å². The lowest BCUT2D eigenvalue weighted by Crippen LogP contribution is -2.34. The van der Waals surface area contributed by atoms with Gasteiger partial charge in [0.1, 0.15) is 23.6 Å². The van der Waals surface area contributed by atoms with Crippen LogP contribution >= 0.6 is 0 Å². The van der Waals surface area contributed by atoms with Crippen LogP contribution in [0.3, 0.4) is 0 Å². The highest BCUT2D eigenvalue weighted by atomic mass is 32.2. The van der Waals surface area contributed by atoms with Crippen molar-refractivity contribution in [1.82, 2.24) is 9.72 Å². The minimum atomic E-state index is -4.35. The number of hydrogen-bond acceptors (Lipinski definition) is 7. The largest absolute Gasteiger partial charge is 0.497 e. The first-order chi connectivity index (χ1) is 21.9. The molecule has 1 fully saturated rings. The molecule has 240 valence electrons. The summed E-state index contributed by atoms with van der Waals surface area (Å²) in [5.41, 5.74) is 0.437. The summed E-state index contributed by atoms with van der Waals surface area (Å²) in [6.07, 6.45) is -3.57. The lowest BCUT2D eigenvalue weighted by Gasteiger charge is -2.37. The Morgan fingerprint density at radius 1 is 0.978 bits per heavy atom. The van der Waals surface area contributed by atoms with Gasteiger partial charge in [-0.3, -0.25) is 9.36 Å². The first-order valence-electron chi connectivity index (χ1n) is 14.1. The molecule has 0 spiro atoms. The fourth-order valence-corrected chi connectivity index (χ4v) is 7.06. The highest BCUT2D eigenvalue weighted by molar-refractivity contribution is 7.92. The van der Waals surface area contributed by atoms with Crippen LogP contribution in [0, 0.1) is 11.7 Å². The van der Waals surface area contributed by atoms with Crippen molar-refractivity contribution < 1.29 is 40.0 Å². The van der Waals surface area contributed by atoms with Crippen molar-refractivity contribution in [1.29, 1.82) is 0 Å². The van der Waals surface area contributed by atoms with Crippen molar-refractivity contribution in [2.45, 2.75) is 36.4 Å². The number of benzene rings is 3. The second-order valence-electron chi connectivity index (χ2n) is 10.9. The van der Waals surface area contributed by atoms with Crippen LogP contribution in [0.1, 0.15) is 29.9 Å². The molecule has 0 N–H and O–H groups in total. The van der Waals surface area contributed by atoms with E-state index in [1.54, 1.807) is 24.3 Å². The Bertz CT molecular complexity index is 2060. The number of rotatable bonds is 9. The van der Waals surface area contributed by atoms with Gasteiger partial charge in [-0.2, -0.15) is 13.2 Å². The molecular formula is C32H27F4N3O6S. The molecule has 6 rings (SSSR count). The summed E-state index contributed by atoms with van der Waals surface area (Å²) in [5.74, 6) is -2.18. The van der Waals surface area contributed by atoms with E-state index >= 15 is 4.39 Å². The van der Waals surface area contributed by atoms with Gasteiger partial charge in [0.2, 0.25) is 0 Å². The topological polar surface area (TPSA) is 104 Å². The molecule has 0 amide bonds. The van der Waals surface area contributed by atoms with Crippen LogP contribution in [0.25, 0.3) is 16.6 Å². The number of fused-ring (bicyclic) bond motifs is 1. The number of anilines is 1. The highest BCUT2D eigenvalue weighted by Crippen LogP contribution is 2.50. The van der Waals surface area contributed by atoms with Crippen molar-refractivity contribution >= 4 is 26.7 Å². The molecular weight excluding hydrogens is 630 g/mol. The van der Waals surface area contributed by atoms with Gasteiger partial charge in [-0.25, -0.2) is 17.1 Å². The summed E-state index contributed by atoms with van der Waals surface area (Å²) in [6, 6.07) is 17.4. The van der Waals surface area contributed by atoms with Gasteiger partial charge in [-0.05, 0) is 72.4 Å². The van der Waals surface area contributed by atoms with Crippen LogP contribution in [0.5, 0.6) is 11.5 Å². The Labute approximate surface area is 260 Å². The van der Waals surface area contributed by atoms with Gasteiger partial charge in [-0.1, -0.05) is 17.3 Å². The number of hydrogen-bond donors (Lipinski definition) is 0. The Balaban J connectivity index is 1.38. The van der Waals surface area contributed by atoms with Crippen molar-refractivity contribution in [3.8, 4) is 17.2 Å². The average molecular weight is 658 g/mol. The van der Waals surface area contributed by atoms with E-state index in [2.05, 4.69) is 5.16 Å².